The van der Waals surface area contributed by atoms with Gasteiger partial charge in [-0.25, -0.2) is 0 Å². The molecule has 2 unspecified atom stereocenters. The molecular weight excluding hydrogens is 512 g/mol. The van der Waals surface area contributed by atoms with Crippen molar-refractivity contribution in [3.63, 3.8) is 0 Å². The molecule has 0 aromatic rings. The zero-order chi connectivity index (χ0) is 34.6. The molecule has 0 aromatic carbocycles. The van der Waals surface area contributed by atoms with Crippen molar-refractivity contribution in [1.29, 1.82) is 0 Å². The molecule has 3 saturated carbocycles. The largest absolute Gasteiger partial charge is 0.461 e. The van der Waals surface area contributed by atoms with Crippen LogP contribution in [0.25, 0.3) is 0 Å². The van der Waals surface area contributed by atoms with E-state index in [0.717, 1.165) is 12.8 Å². The van der Waals surface area contributed by atoms with Gasteiger partial charge in [0.25, 0.3) is 0 Å². The van der Waals surface area contributed by atoms with Crippen LogP contribution in [0.15, 0.2) is 12.7 Å². The first-order chi connectivity index (χ1) is 20.4. The van der Waals surface area contributed by atoms with Gasteiger partial charge in [-0.2, -0.15) is 0 Å². The van der Waals surface area contributed by atoms with Gasteiger partial charge in [0.2, 0.25) is 5.91 Å². The average molecular weight is 571 g/mol. The fourth-order valence-corrected chi connectivity index (χ4v) is 8.17. The minimum Gasteiger partial charge on any atom is -0.461 e. The van der Waals surface area contributed by atoms with Crippen molar-refractivity contribution in [2.75, 3.05) is 12.3 Å². The number of nitrogens with one attached hydrogen (secondary N) is 1. The fraction of sp³-hybridized carbons (Fsp3) is 0.839. The number of amides is 1. The summed E-state index contributed by atoms with van der Waals surface area (Å²) in [6.45, 7) is 8.34. The number of carbonyl (C=O) groups excluding carboxylic acids is 3. The third-order valence-corrected chi connectivity index (χ3v) is 11.6. The molecule has 0 aliphatic heterocycles. The average Bonchev–Trinajstić information content (AvgIpc) is 3.29. The number of Topliss-reactive ketones (excluding diaryl/α,β-unsaturated/α-hetero) is 1. The van der Waals surface area contributed by atoms with E-state index in [4.69, 9.17) is 18.7 Å². The number of hydrogen-bond donors (Lipinski definition) is 3. The number of ether oxygens (including phenoxy) is 1. The van der Waals surface area contributed by atoms with Gasteiger partial charge in [0, 0.05) is 42.7 Å². The van der Waals surface area contributed by atoms with Crippen molar-refractivity contribution >= 4 is 29.4 Å². The number of aliphatic hydroxyl groups is 1. The molecule has 8 heteroatoms. The fourth-order valence-electron chi connectivity index (χ4n) is 7.56. The quantitative estimate of drug-likeness (QED) is 0.276. The van der Waals surface area contributed by atoms with E-state index in [2.05, 4.69) is 18.8 Å². The molecule has 0 spiro atoms. The predicted octanol–water partition coefficient (Wildman–Crippen LogP) is 4.50. The summed E-state index contributed by atoms with van der Waals surface area (Å²) >= 11 is 0.408. The Hall–Kier alpha value is -1.38. The lowest BCUT2D eigenvalue weighted by atomic mass is 9.44. The lowest BCUT2D eigenvalue weighted by Crippen LogP contribution is -2.63. The molecule has 2 bridgehead atoms. The lowest BCUT2D eigenvalue weighted by molar-refractivity contribution is -0.205. The van der Waals surface area contributed by atoms with E-state index in [0.29, 0.717) is 24.6 Å². The molecular formula is C31H52N2O5S. The summed E-state index contributed by atoms with van der Waals surface area (Å²) in [4.78, 5) is 39.9. The summed E-state index contributed by atoms with van der Waals surface area (Å²) in [5, 5.41) is 14.1. The molecule has 3 rings (SSSR count). The Kier molecular flexibility index (Phi) is 7.14. The number of esters is 1. The highest BCUT2D eigenvalue weighted by molar-refractivity contribution is 8.01. The Balaban J connectivity index is 1.98. The highest BCUT2D eigenvalue weighted by Gasteiger charge is 2.68. The van der Waals surface area contributed by atoms with Gasteiger partial charge in [-0.3, -0.25) is 14.4 Å². The normalized spacial score (nSPS) is 42.3. The van der Waals surface area contributed by atoms with Crippen LogP contribution in [0.5, 0.6) is 0 Å². The van der Waals surface area contributed by atoms with Crippen LogP contribution in [0.3, 0.4) is 0 Å². The first kappa shape index (κ1) is 24.2. The van der Waals surface area contributed by atoms with E-state index < -0.39 is 83.0 Å². The third kappa shape index (κ3) is 5.85. The summed E-state index contributed by atoms with van der Waals surface area (Å²) in [5.41, 5.74) is 3.79. The number of ketones is 1. The first-order valence-electron chi connectivity index (χ1n) is 17.2. The second kappa shape index (κ2) is 11.5. The molecule has 4 N–H and O–H groups in total. The highest BCUT2D eigenvalue weighted by Crippen LogP contribution is 2.68. The maximum atomic E-state index is 13.7. The Labute approximate surface area is 248 Å². The van der Waals surface area contributed by atoms with Gasteiger partial charge in [0.1, 0.15) is 11.9 Å². The molecule has 0 aromatic heterocycles. The Bertz CT molecular complexity index is 1150. The molecule has 0 heterocycles. The van der Waals surface area contributed by atoms with Gasteiger partial charge in [0.15, 0.2) is 0 Å². The molecule has 9 atom stereocenters. The van der Waals surface area contributed by atoms with Crippen LogP contribution < -0.4 is 11.1 Å². The smallest absolute Gasteiger partial charge is 0.316 e. The Morgan fingerprint density at radius 3 is 2.59 bits per heavy atom. The second-order valence-corrected chi connectivity index (χ2v) is 14.4. The molecule has 1 amide bonds. The maximum absolute atomic E-state index is 13.7. The van der Waals surface area contributed by atoms with Gasteiger partial charge in [-0.15, -0.1) is 18.3 Å². The van der Waals surface area contributed by atoms with Gasteiger partial charge < -0.3 is 20.9 Å². The number of nitrogens with two attached hydrogens (primary N) is 1. The molecule has 3 fully saturated rings. The number of rotatable bonds is 9. The van der Waals surface area contributed by atoms with Crippen LogP contribution in [0.1, 0.15) is 95.6 Å². The zero-order valence-corrected chi connectivity index (χ0v) is 25.2. The minimum absolute atomic E-state index is 0.0103. The number of hydrogen-bond acceptors (Lipinski definition) is 7. The number of aliphatic hydroxyl groups excluding tert-OH is 1. The number of thioether (sulfide) groups is 1. The van der Waals surface area contributed by atoms with E-state index in [9.17, 15) is 19.5 Å². The monoisotopic (exact) mass is 570 g/mol. The predicted molar refractivity (Wildman–Crippen MR) is 157 cm³/mol. The van der Waals surface area contributed by atoms with Crippen LogP contribution in [0.2, 0.25) is 0 Å². The molecule has 3 aliphatic carbocycles. The summed E-state index contributed by atoms with van der Waals surface area (Å²) in [5.74, 6) is -2.99. The SMILES string of the molecule is [2H]C([2H])([2H])C(CNC(=O)[C@H](N)C(C)C)(SCC(=O)O[C@@H]1C[C@@](C)(C=C)[C@@H](O)[C@H](C)[C@]23CCC(=O)[C@H]2C1(C)C(C)CC3)C([2H])([2H])[2H]. The van der Waals surface area contributed by atoms with Crippen LogP contribution >= 0.6 is 11.8 Å². The first-order valence-corrected chi connectivity index (χ1v) is 15.1. The van der Waals surface area contributed by atoms with E-state index in [1.54, 1.807) is 19.9 Å². The molecule has 0 saturated heterocycles. The van der Waals surface area contributed by atoms with E-state index in [-0.39, 0.29) is 30.0 Å². The molecule has 3 aliphatic rings. The van der Waals surface area contributed by atoms with Crippen LogP contribution in [-0.2, 0) is 19.1 Å². The summed E-state index contributed by atoms with van der Waals surface area (Å²) in [6.07, 6.45) is 2.77. The van der Waals surface area contributed by atoms with Crippen molar-refractivity contribution < 1.29 is 32.5 Å². The van der Waals surface area contributed by atoms with Gasteiger partial charge >= 0.3 is 5.97 Å². The topological polar surface area (TPSA) is 119 Å². The lowest BCUT2D eigenvalue weighted by Gasteiger charge is -2.61. The van der Waals surface area contributed by atoms with Gasteiger partial charge in [-0.05, 0) is 62.6 Å². The Morgan fingerprint density at radius 2 is 2.00 bits per heavy atom. The Morgan fingerprint density at radius 1 is 1.33 bits per heavy atom. The summed E-state index contributed by atoms with van der Waals surface area (Å²) < 4.78 is 52.8. The van der Waals surface area contributed by atoms with Crippen LogP contribution in [-0.4, -0.2) is 58.1 Å². The van der Waals surface area contributed by atoms with Crippen molar-refractivity contribution in [3.8, 4) is 0 Å². The van der Waals surface area contributed by atoms with Crippen molar-refractivity contribution in [1.82, 2.24) is 5.32 Å². The van der Waals surface area contributed by atoms with Gasteiger partial charge in [-0.1, -0.05) is 47.6 Å². The van der Waals surface area contributed by atoms with E-state index in [1.165, 1.54) is 0 Å². The van der Waals surface area contributed by atoms with E-state index in [1.807, 2.05) is 20.8 Å². The third-order valence-electron chi connectivity index (χ3n) is 10.5. The van der Waals surface area contributed by atoms with Crippen LogP contribution in [0, 0.1) is 39.9 Å². The van der Waals surface area contributed by atoms with E-state index >= 15 is 0 Å². The zero-order valence-electron chi connectivity index (χ0n) is 30.3. The molecule has 0 radical (unpaired) electrons. The molecule has 222 valence electrons. The van der Waals surface area contributed by atoms with Crippen molar-refractivity contribution in [2.24, 2.45) is 45.7 Å². The second-order valence-electron chi connectivity index (χ2n) is 13.2. The van der Waals surface area contributed by atoms with Gasteiger partial charge in [0.05, 0.1) is 17.9 Å². The summed E-state index contributed by atoms with van der Waals surface area (Å²) in [7, 11) is 0. The molecule has 39 heavy (non-hydrogen) atoms. The van der Waals surface area contributed by atoms with Crippen LogP contribution in [0.4, 0.5) is 0 Å². The van der Waals surface area contributed by atoms with Crippen molar-refractivity contribution in [3.05, 3.63) is 12.7 Å². The minimum atomic E-state index is -3.11. The maximum Gasteiger partial charge on any atom is 0.316 e. The number of carbonyl (C=O) groups is 3. The highest BCUT2D eigenvalue weighted by atomic mass is 32.2. The van der Waals surface area contributed by atoms with Crippen molar-refractivity contribution in [2.45, 2.75) is 110 Å². The standard InChI is InChI=1S/C31H52N2O5S/c1-10-29(8)15-22(38-23(35)16-39-28(6,7)17-33-27(37)24(32)18(2)3)30(9)19(4)11-13-31(20(5)26(29)36)14-12-21(34)25(30)31/h10,18-20,22,24-26,36H,1,11-17,32H2,2-9H3,(H,33,37)/t19?,20-,22+,24+,25-,26-,29+,30?,31-/m0/s1/i6D3,7D3. The summed E-state index contributed by atoms with van der Waals surface area (Å²) in [6, 6.07) is -0.980. The molecule has 7 nitrogen and oxygen atoms in total.